The van der Waals surface area contributed by atoms with Crippen LogP contribution >= 0.6 is 0 Å². The fraction of sp³-hybridized carbons (Fsp3) is 0.412. The summed E-state index contributed by atoms with van der Waals surface area (Å²) in [4.78, 5) is 39.5. The summed E-state index contributed by atoms with van der Waals surface area (Å²) in [7, 11) is 1.75. The first-order chi connectivity index (χ1) is 11.5. The van der Waals surface area contributed by atoms with Crippen LogP contribution in [0.5, 0.6) is 0 Å². The highest BCUT2D eigenvalue weighted by atomic mass is 16.2. The average molecular weight is 327 g/mol. The standard InChI is InChI=1S/C17H21N5O2/c1-12-8-19-15(20-12)11-21(2)17(24)14-7-16(23)22(10-14)9-13-3-5-18-6-4-13/h3-6,8,14H,7,9-11H2,1-2H3,(H,19,20). The first-order valence-corrected chi connectivity index (χ1v) is 7.95. The quantitative estimate of drug-likeness (QED) is 0.892. The number of H-pyrrole nitrogens is 1. The van der Waals surface area contributed by atoms with Gasteiger partial charge >= 0.3 is 0 Å². The number of nitrogens with zero attached hydrogens (tertiary/aromatic N) is 4. The van der Waals surface area contributed by atoms with Gasteiger partial charge in [0.1, 0.15) is 5.82 Å². The number of aromatic amines is 1. The zero-order chi connectivity index (χ0) is 17.1. The zero-order valence-electron chi connectivity index (χ0n) is 13.9. The molecule has 0 aromatic carbocycles. The Kier molecular flexibility index (Phi) is 4.59. The van der Waals surface area contributed by atoms with E-state index in [1.807, 2.05) is 19.1 Å². The molecule has 2 amide bonds. The van der Waals surface area contributed by atoms with E-state index in [1.54, 1.807) is 35.4 Å². The molecule has 0 spiro atoms. The van der Waals surface area contributed by atoms with Crippen LogP contribution in [0.15, 0.2) is 30.7 Å². The van der Waals surface area contributed by atoms with Gasteiger partial charge in [0.05, 0.1) is 12.5 Å². The zero-order valence-corrected chi connectivity index (χ0v) is 13.9. The molecule has 24 heavy (non-hydrogen) atoms. The van der Waals surface area contributed by atoms with Crippen molar-refractivity contribution in [1.82, 2.24) is 24.8 Å². The predicted octanol–water partition coefficient (Wildman–Crippen LogP) is 1.12. The van der Waals surface area contributed by atoms with Crippen LogP contribution in [-0.4, -0.2) is 50.2 Å². The lowest BCUT2D eigenvalue weighted by atomic mass is 10.1. The molecule has 0 saturated carbocycles. The molecule has 126 valence electrons. The molecule has 2 aromatic rings. The van der Waals surface area contributed by atoms with Crippen LogP contribution in [0.3, 0.4) is 0 Å². The summed E-state index contributed by atoms with van der Waals surface area (Å²) in [5, 5.41) is 0. The van der Waals surface area contributed by atoms with Crippen molar-refractivity contribution >= 4 is 11.8 Å². The summed E-state index contributed by atoms with van der Waals surface area (Å²) in [5.41, 5.74) is 1.98. The third-order valence-electron chi connectivity index (χ3n) is 4.21. The lowest BCUT2D eigenvalue weighted by molar-refractivity contribution is -0.135. The predicted molar refractivity (Wildman–Crippen MR) is 87.6 cm³/mol. The van der Waals surface area contributed by atoms with E-state index in [4.69, 9.17) is 0 Å². The van der Waals surface area contributed by atoms with Crippen molar-refractivity contribution < 1.29 is 9.59 Å². The molecular formula is C17H21N5O2. The second kappa shape index (κ2) is 6.82. The van der Waals surface area contributed by atoms with Crippen molar-refractivity contribution in [3.8, 4) is 0 Å². The second-order valence-corrected chi connectivity index (χ2v) is 6.24. The van der Waals surface area contributed by atoms with Gasteiger partial charge in [-0.15, -0.1) is 0 Å². The van der Waals surface area contributed by atoms with Gasteiger partial charge in [0.15, 0.2) is 0 Å². The normalized spacial score (nSPS) is 17.3. The van der Waals surface area contributed by atoms with Crippen molar-refractivity contribution in [1.29, 1.82) is 0 Å². The minimum absolute atomic E-state index is 0.0189. The van der Waals surface area contributed by atoms with E-state index in [9.17, 15) is 9.59 Å². The molecule has 2 aromatic heterocycles. The lowest BCUT2D eigenvalue weighted by Crippen LogP contribution is -2.34. The summed E-state index contributed by atoms with van der Waals surface area (Å²) >= 11 is 0. The number of pyridine rings is 1. The van der Waals surface area contributed by atoms with Crippen molar-refractivity contribution in [3.05, 3.63) is 47.8 Å². The number of nitrogens with one attached hydrogen (secondary N) is 1. The Bertz CT molecular complexity index is 728. The average Bonchev–Trinajstić information content (AvgIpc) is 3.14. The highest BCUT2D eigenvalue weighted by molar-refractivity contribution is 5.89. The fourth-order valence-electron chi connectivity index (χ4n) is 2.96. The Morgan fingerprint density at radius 1 is 1.42 bits per heavy atom. The number of amides is 2. The Morgan fingerprint density at radius 3 is 2.83 bits per heavy atom. The Morgan fingerprint density at radius 2 is 2.17 bits per heavy atom. The summed E-state index contributed by atoms with van der Waals surface area (Å²) in [6, 6.07) is 3.77. The molecule has 1 aliphatic heterocycles. The van der Waals surface area contributed by atoms with Crippen molar-refractivity contribution in [3.63, 3.8) is 0 Å². The third-order valence-corrected chi connectivity index (χ3v) is 4.21. The SMILES string of the molecule is Cc1cnc(CN(C)C(=O)C2CC(=O)N(Cc3ccncc3)C2)[nH]1. The maximum absolute atomic E-state index is 12.6. The smallest absolute Gasteiger partial charge is 0.228 e. The monoisotopic (exact) mass is 327 g/mol. The molecule has 3 rings (SSSR count). The van der Waals surface area contributed by atoms with E-state index in [1.165, 1.54) is 0 Å². The highest BCUT2D eigenvalue weighted by Crippen LogP contribution is 2.22. The number of hydrogen-bond donors (Lipinski definition) is 1. The molecule has 0 radical (unpaired) electrons. The van der Waals surface area contributed by atoms with Gasteiger partial charge in [0.25, 0.3) is 0 Å². The van der Waals surface area contributed by atoms with E-state index in [2.05, 4.69) is 15.0 Å². The number of rotatable bonds is 5. The van der Waals surface area contributed by atoms with Crippen LogP contribution in [0, 0.1) is 12.8 Å². The second-order valence-electron chi connectivity index (χ2n) is 6.24. The summed E-state index contributed by atoms with van der Waals surface area (Å²) in [6.07, 6.45) is 5.42. The molecule has 3 heterocycles. The first kappa shape index (κ1) is 16.2. The van der Waals surface area contributed by atoms with Crippen molar-refractivity contribution in [2.75, 3.05) is 13.6 Å². The maximum atomic E-state index is 12.6. The maximum Gasteiger partial charge on any atom is 0.228 e. The van der Waals surface area contributed by atoms with Gasteiger partial charge in [-0.25, -0.2) is 4.98 Å². The summed E-state index contributed by atoms with van der Waals surface area (Å²) in [6.45, 7) is 3.32. The molecule has 1 N–H and O–H groups in total. The molecule has 0 bridgehead atoms. The minimum atomic E-state index is -0.291. The number of carbonyl (C=O) groups excluding carboxylic acids is 2. The lowest BCUT2D eigenvalue weighted by Gasteiger charge is -2.20. The van der Waals surface area contributed by atoms with Crippen LogP contribution in [0.1, 0.15) is 23.5 Å². The van der Waals surface area contributed by atoms with Gasteiger partial charge < -0.3 is 14.8 Å². The van der Waals surface area contributed by atoms with Gasteiger partial charge in [-0.1, -0.05) is 0 Å². The molecule has 1 unspecified atom stereocenters. The number of likely N-dealkylation sites (tertiary alicyclic amines) is 1. The Labute approximate surface area is 140 Å². The summed E-state index contributed by atoms with van der Waals surface area (Å²) in [5.74, 6) is 0.462. The first-order valence-electron chi connectivity index (χ1n) is 7.95. The summed E-state index contributed by atoms with van der Waals surface area (Å²) < 4.78 is 0. The van der Waals surface area contributed by atoms with Crippen molar-refractivity contribution in [2.45, 2.75) is 26.4 Å². The minimum Gasteiger partial charge on any atom is -0.345 e. The van der Waals surface area contributed by atoms with Crippen LogP contribution in [-0.2, 0) is 22.7 Å². The topological polar surface area (TPSA) is 82.2 Å². The third kappa shape index (κ3) is 3.61. The molecule has 7 heteroatoms. The fourth-order valence-corrected chi connectivity index (χ4v) is 2.96. The number of aromatic nitrogens is 3. The number of hydrogen-bond acceptors (Lipinski definition) is 4. The van der Waals surface area contributed by atoms with E-state index >= 15 is 0 Å². The molecular weight excluding hydrogens is 306 g/mol. The van der Waals surface area contributed by atoms with Crippen molar-refractivity contribution in [2.24, 2.45) is 5.92 Å². The van der Waals surface area contributed by atoms with E-state index < -0.39 is 0 Å². The molecule has 1 atom stereocenters. The Hall–Kier alpha value is -2.70. The molecule has 1 saturated heterocycles. The van der Waals surface area contributed by atoms with Crippen LogP contribution < -0.4 is 0 Å². The van der Waals surface area contributed by atoms with Gasteiger partial charge in [-0.2, -0.15) is 0 Å². The van der Waals surface area contributed by atoms with Gasteiger partial charge in [0.2, 0.25) is 11.8 Å². The van der Waals surface area contributed by atoms with E-state index in [0.717, 1.165) is 17.1 Å². The Balaban J connectivity index is 1.59. The van der Waals surface area contributed by atoms with Crippen LogP contribution in [0.2, 0.25) is 0 Å². The van der Waals surface area contributed by atoms with Crippen LogP contribution in [0.25, 0.3) is 0 Å². The van der Waals surface area contributed by atoms with E-state index in [0.29, 0.717) is 19.6 Å². The number of aryl methyl sites for hydroxylation is 1. The largest absolute Gasteiger partial charge is 0.345 e. The van der Waals surface area contributed by atoms with Crippen LogP contribution in [0.4, 0.5) is 0 Å². The number of imidazole rings is 1. The number of carbonyl (C=O) groups is 2. The molecule has 1 fully saturated rings. The molecule has 1 aliphatic rings. The highest BCUT2D eigenvalue weighted by Gasteiger charge is 2.35. The van der Waals surface area contributed by atoms with Gasteiger partial charge in [0, 0.05) is 50.8 Å². The van der Waals surface area contributed by atoms with Gasteiger partial charge in [-0.05, 0) is 24.6 Å². The van der Waals surface area contributed by atoms with Gasteiger partial charge in [-0.3, -0.25) is 14.6 Å². The molecule has 7 nitrogen and oxygen atoms in total. The molecule has 0 aliphatic carbocycles. The van der Waals surface area contributed by atoms with E-state index in [-0.39, 0.29) is 24.2 Å².